The largest absolute Gasteiger partial charge is 0.489 e. The zero-order valence-corrected chi connectivity index (χ0v) is 24.4. The molecule has 0 unspecified atom stereocenters. The van der Waals surface area contributed by atoms with Crippen LogP contribution in [-0.4, -0.2) is 19.0 Å². The number of hydrogen-bond acceptors (Lipinski definition) is 5. The highest BCUT2D eigenvalue weighted by atomic mass is 16.7. The third kappa shape index (κ3) is 5.48. The summed E-state index contributed by atoms with van der Waals surface area (Å²) in [5.41, 5.74) is 4.69. The summed E-state index contributed by atoms with van der Waals surface area (Å²) >= 11 is 0. The predicted octanol–water partition coefficient (Wildman–Crippen LogP) is 6.74. The molecule has 1 N–H and O–H groups in total. The van der Waals surface area contributed by atoms with E-state index in [0.29, 0.717) is 17.9 Å². The van der Waals surface area contributed by atoms with E-state index in [9.17, 15) is 9.59 Å². The van der Waals surface area contributed by atoms with E-state index in [4.69, 9.17) is 14.3 Å². The molecule has 6 rings (SSSR count). The number of rotatable bonds is 11. The van der Waals surface area contributed by atoms with Crippen LogP contribution < -0.4 is 10.2 Å². The molecule has 0 spiro atoms. The smallest absolute Gasteiger partial charge is 0.317 e. The Morgan fingerprint density at radius 3 is 1.77 bits per heavy atom. The van der Waals surface area contributed by atoms with Gasteiger partial charge in [-0.2, -0.15) is 0 Å². The minimum atomic E-state index is -1.15. The van der Waals surface area contributed by atoms with Gasteiger partial charge >= 0.3 is 5.97 Å². The van der Waals surface area contributed by atoms with Crippen LogP contribution in [0.15, 0.2) is 146 Å². The standard InChI is InChI=1S/C38H33NO5/c1-42-36(41)37(32-23-14-24-33(25-32)43-27-28-15-6-2-7-16-28)26-34(37)35(40)39-44-38(29-17-8-3-9-18-29,30-19-10-4-11-20-30)31-21-12-5-13-22-31/h2-25,34H,26-27H2,1H3,(H,39,40)/t34-,37-/m1/s1. The highest BCUT2D eigenvalue weighted by Gasteiger charge is 2.66. The van der Waals surface area contributed by atoms with Gasteiger partial charge in [-0.3, -0.25) is 14.4 Å². The molecule has 0 saturated heterocycles. The molecule has 1 amide bonds. The van der Waals surface area contributed by atoms with Crippen LogP contribution in [0.2, 0.25) is 0 Å². The number of carbonyl (C=O) groups excluding carboxylic acids is 2. The average molecular weight is 584 g/mol. The number of benzene rings is 5. The summed E-state index contributed by atoms with van der Waals surface area (Å²) in [4.78, 5) is 33.7. The number of hydroxylamine groups is 1. The first kappa shape index (κ1) is 28.9. The molecule has 1 aliphatic rings. The first-order valence-electron chi connectivity index (χ1n) is 14.6. The zero-order chi connectivity index (χ0) is 30.4. The first-order chi connectivity index (χ1) is 21.6. The van der Waals surface area contributed by atoms with Crippen LogP contribution in [-0.2, 0) is 36.8 Å². The van der Waals surface area contributed by atoms with Crippen molar-refractivity contribution in [1.82, 2.24) is 5.48 Å². The Balaban J connectivity index is 1.29. The summed E-state index contributed by atoms with van der Waals surface area (Å²) in [5.74, 6) is -0.969. The van der Waals surface area contributed by atoms with Crippen LogP contribution >= 0.6 is 0 Å². The van der Waals surface area contributed by atoms with Gasteiger partial charge in [-0.15, -0.1) is 0 Å². The second-order valence-electron chi connectivity index (χ2n) is 10.9. The number of esters is 1. The number of methoxy groups -OCH3 is 1. The van der Waals surface area contributed by atoms with E-state index >= 15 is 0 Å². The van der Waals surface area contributed by atoms with E-state index in [1.165, 1.54) is 7.11 Å². The molecule has 0 aliphatic heterocycles. The van der Waals surface area contributed by atoms with Crippen molar-refractivity contribution in [2.75, 3.05) is 7.11 Å². The Morgan fingerprint density at radius 1 is 0.727 bits per heavy atom. The molecule has 0 heterocycles. The topological polar surface area (TPSA) is 73.9 Å². The lowest BCUT2D eigenvalue weighted by molar-refractivity contribution is -0.150. The highest BCUT2D eigenvalue weighted by Crippen LogP contribution is 2.56. The summed E-state index contributed by atoms with van der Waals surface area (Å²) in [6, 6.07) is 46.5. The number of amides is 1. The third-order valence-corrected chi connectivity index (χ3v) is 8.27. The van der Waals surface area contributed by atoms with Crippen molar-refractivity contribution in [1.29, 1.82) is 0 Å². The number of nitrogens with one attached hydrogen (secondary N) is 1. The lowest BCUT2D eigenvalue weighted by Crippen LogP contribution is -2.42. The van der Waals surface area contributed by atoms with E-state index in [-0.39, 0.29) is 6.42 Å². The van der Waals surface area contributed by atoms with E-state index < -0.39 is 28.8 Å². The van der Waals surface area contributed by atoms with Gasteiger partial charge in [0.25, 0.3) is 0 Å². The van der Waals surface area contributed by atoms with Crippen LogP contribution in [0.4, 0.5) is 0 Å². The van der Waals surface area contributed by atoms with Gasteiger partial charge in [-0.1, -0.05) is 133 Å². The summed E-state index contributed by atoms with van der Waals surface area (Å²) < 4.78 is 11.3. The van der Waals surface area contributed by atoms with Crippen LogP contribution in [0, 0.1) is 5.92 Å². The fourth-order valence-electron chi connectivity index (χ4n) is 5.92. The fourth-order valence-corrected chi connectivity index (χ4v) is 5.92. The molecule has 6 heteroatoms. The summed E-state index contributed by atoms with van der Waals surface area (Å²) in [6.45, 7) is 0.383. The molecule has 0 bridgehead atoms. The second kappa shape index (κ2) is 12.6. The minimum Gasteiger partial charge on any atom is -0.489 e. The van der Waals surface area contributed by atoms with Crippen molar-refractivity contribution in [2.45, 2.75) is 24.0 Å². The maximum absolute atomic E-state index is 13.9. The predicted molar refractivity (Wildman–Crippen MR) is 167 cm³/mol. The maximum atomic E-state index is 13.9. The van der Waals surface area contributed by atoms with Crippen LogP contribution in [0.1, 0.15) is 34.2 Å². The van der Waals surface area contributed by atoms with Crippen molar-refractivity contribution >= 4 is 11.9 Å². The molecule has 5 aromatic rings. The fraction of sp³-hybridized carbons (Fsp3) is 0.158. The Kier molecular flexibility index (Phi) is 8.26. The molecule has 6 nitrogen and oxygen atoms in total. The van der Waals surface area contributed by atoms with E-state index in [1.807, 2.05) is 146 Å². The zero-order valence-electron chi connectivity index (χ0n) is 24.4. The monoisotopic (exact) mass is 583 g/mol. The molecular formula is C38H33NO5. The average Bonchev–Trinajstić information content (AvgIpc) is 3.87. The Labute approximate surface area is 257 Å². The van der Waals surface area contributed by atoms with Crippen molar-refractivity contribution < 1.29 is 23.9 Å². The molecule has 1 saturated carbocycles. The van der Waals surface area contributed by atoms with E-state index in [2.05, 4.69) is 5.48 Å². The quantitative estimate of drug-likeness (QED) is 0.106. The third-order valence-electron chi connectivity index (χ3n) is 8.27. The van der Waals surface area contributed by atoms with Gasteiger partial charge in [-0.05, 0) is 46.4 Å². The lowest BCUT2D eigenvalue weighted by Gasteiger charge is -2.35. The molecule has 0 radical (unpaired) electrons. The summed E-state index contributed by atoms with van der Waals surface area (Å²) in [6.07, 6.45) is 0.284. The second-order valence-corrected chi connectivity index (χ2v) is 10.9. The van der Waals surface area contributed by atoms with E-state index in [0.717, 1.165) is 22.3 Å². The maximum Gasteiger partial charge on any atom is 0.317 e. The summed E-state index contributed by atoms with van der Waals surface area (Å²) in [5, 5.41) is 0. The van der Waals surface area contributed by atoms with Gasteiger partial charge < -0.3 is 9.47 Å². The Bertz CT molecular complexity index is 1610. The first-order valence-corrected chi connectivity index (χ1v) is 14.6. The van der Waals surface area contributed by atoms with Crippen molar-refractivity contribution in [3.8, 4) is 5.75 Å². The van der Waals surface area contributed by atoms with Gasteiger partial charge in [0.1, 0.15) is 17.8 Å². The minimum absolute atomic E-state index is 0.284. The lowest BCUT2D eigenvalue weighted by atomic mass is 9.80. The molecule has 44 heavy (non-hydrogen) atoms. The van der Waals surface area contributed by atoms with Gasteiger partial charge in [0, 0.05) is 0 Å². The molecular weight excluding hydrogens is 550 g/mol. The normalized spacial score (nSPS) is 17.3. The molecule has 220 valence electrons. The number of carbonyl (C=O) groups is 2. The van der Waals surface area contributed by atoms with Gasteiger partial charge in [0.15, 0.2) is 5.60 Å². The number of hydrogen-bond donors (Lipinski definition) is 1. The summed E-state index contributed by atoms with van der Waals surface area (Å²) in [7, 11) is 1.34. The van der Waals surface area contributed by atoms with Crippen molar-refractivity contribution in [3.05, 3.63) is 173 Å². The van der Waals surface area contributed by atoms with Gasteiger partial charge in [-0.25, -0.2) is 5.48 Å². The molecule has 0 aromatic heterocycles. The van der Waals surface area contributed by atoms with Crippen molar-refractivity contribution in [2.24, 2.45) is 5.92 Å². The van der Waals surface area contributed by atoms with Crippen LogP contribution in [0.25, 0.3) is 0 Å². The molecule has 1 fully saturated rings. The highest BCUT2D eigenvalue weighted by molar-refractivity contribution is 5.98. The van der Waals surface area contributed by atoms with Crippen molar-refractivity contribution in [3.63, 3.8) is 0 Å². The molecule has 1 aliphatic carbocycles. The Hall–Kier alpha value is -5.20. The SMILES string of the molecule is COC(=O)[C@@]1(c2cccc(OCc3ccccc3)c2)C[C@@H]1C(=O)NOC(c1ccccc1)(c1ccccc1)c1ccccc1. The Morgan fingerprint density at radius 2 is 1.25 bits per heavy atom. The van der Waals surface area contributed by atoms with Gasteiger partial charge in [0.05, 0.1) is 13.0 Å². The van der Waals surface area contributed by atoms with Crippen LogP contribution in [0.3, 0.4) is 0 Å². The molecule has 5 aromatic carbocycles. The molecule has 2 atom stereocenters. The van der Waals surface area contributed by atoms with Gasteiger partial charge in [0.2, 0.25) is 5.91 Å². The number of ether oxygens (including phenoxy) is 2. The van der Waals surface area contributed by atoms with Crippen LogP contribution in [0.5, 0.6) is 5.75 Å². The van der Waals surface area contributed by atoms with E-state index in [1.54, 1.807) is 0 Å².